The highest BCUT2D eigenvalue weighted by atomic mass is 32.1. The van der Waals surface area contributed by atoms with Gasteiger partial charge in [0.15, 0.2) is 0 Å². The maximum Gasteiger partial charge on any atom is 0.268 e. The van der Waals surface area contributed by atoms with Crippen molar-refractivity contribution in [3.63, 3.8) is 0 Å². The van der Waals surface area contributed by atoms with Crippen molar-refractivity contribution in [1.82, 2.24) is 14.9 Å². The van der Waals surface area contributed by atoms with Gasteiger partial charge in [0, 0.05) is 12.6 Å². The van der Waals surface area contributed by atoms with E-state index in [-0.39, 0.29) is 12.2 Å². The Morgan fingerprint density at radius 3 is 3.11 bits per heavy atom. The van der Waals surface area contributed by atoms with Gasteiger partial charge in [-0.1, -0.05) is 0 Å². The van der Waals surface area contributed by atoms with E-state index in [4.69, 9.17) is 5.11 Å². The predicted octanol–water partition coefficient (Wildman–Crippen LogP) is 0.941. The van der Waals surface area contributed by atoms with E-state index in [9.17, 15) is 4.79 Å². The van der Waals surface area contributed by atoms with Gasteiger partial charge < -0.3 is 10.1 Å². The minimum Gasteiger partial charge on any atom is -0.395 e. The third-order valence-electron chi connectivity index (χ3n) is 3.17. The van der Waals surface area contributed by atoms with Crippen molar-refractivity contribution in [2.24, 2.45) is 0 Å². The molecule has 1 saturated carbocycles. The van der Waals surface area contributed by atoms with E-state index in [0.29, 0.717) is 29.7 Å². The zero-order chi connectivity index (χ0) is 12.5. The maximum atomic E-state index is 11.8. The molecule has 0 aliphatic heterocycles. The Balaban J connectivity index is 1.86. The lowest BCUT2D eigenvalue weighted by Crippen LogP contribution is -2.30. The first-order valence-corrected chi connectivity index (χ1v) is 6.97. The fourth-order valence-corrected chi connectivity index (χ4v) is 2.87. The molecule has 0 atom stereocenters. The van der Waals surface area contributed by atoms with Gasteiger partial charge in [-0.2, -0.15) is 0 Å². The molecule has 0 spiro atoms. The number of rotatable bonds is 5. The Bertz CT molecular complexity index is 603. The molecule has 2 heterocycles. The van der Waals surface area contributed by atoms with Crippen LogP contribution in [0.2, 0.25) is 0 Å². The second-order valence-corrected chi connectivity index (χ2v) is 5.49. The molecule has 0 saturated heterocycles. The van der Waals surface area contributed by atoms with E-state index in [2.05, 4.69) is 14.9 Å². The van der Waals surface area contributed by atoms with E-state index in [1.54, 1.807) is 0 Å². The molecule has 0 radical (unpaired) electrons. The van der Waals surface area contributed by atoms with E-state index >= 15 is 0 Å². The van der Waals surface area contributed by atoms with Gasteiger partial charge in [-0.05, 0) is 24.3 Å². The van der Waals surface area contributed by atoms with Crippen molar-refractivity contribution in [3.8, 4) is 0 Å². The maximum absolute atomic E-state index is 11.8. The fourth-order valence-electron chi connectivity index (χ4n) is 2.15. The van der Waals surface area contributed by atoms with Gasteiger partial charge >= 0.3 is 0 Å². The van der Waals surface area contributed by atoms with Gasteiger partial charge in [-0.3, -0.25) is 9.69 Å². The van der Waals surface area contributed by atoms with Crippen molar-refractivity contribution < 1.29 is 5.11 Å². The smallest absolute Gasteiger partial charge is 0.268 e. The SMILES string of the molecule is O=c1[nH]c(CN(CCO)C2CC2)nc2ccsc12. The summed E-state index contributed by atoms with van der Waals surface area (Å²) >= 11 is 1.41. The molecular weight excluding hydrogens is 250 g/mol. The van der Waals surface area contributed by atoms with Crippen molar-refractivity contribution in [2.75, 3.05) is 13.2 Å². The first kappa shape index (κ1) is 11.8. The molecule has 0 aromatic carbocycles. The second-order valence-electron chi connectivity index (χ2n) is 4.57. The lowest BCUT2D eigenvalue weighted by atomic mass is 10.4. The van der Waals surface area contributed by atoms with Crippen LogP contribution in [0.3, 0.4) is 0 Å². The summed E-state index contributed by atoms with van der Waals surface area (Å²) in [5.74, 6) is 0.686. The molecule has 2 aromatic rings. The third-order valence-corrected chi connectivity index (χ3v) is 4.07. The molecule has 2 N–H and O–H groups in total. The summed E-state index contributed by atoms with van der Waals surface area (Å²) in [6.45, 7) is 1.38. The molecule has 1 fully saturated rings. The molecule has 3 rings (SSSR count). The van der Waals surface area contributed by atoms with Crippen molar-refractivity contribution in [1.29, 1.82) is 0 Å². The number of aliphatic hydroxyl groups excluding tert-OH is 1. The molecule has 0 unspecified atom stereocenters. The van der Waals surface area contributed by atoms with E-state index in [0.717, 1.165) is 5.52 Å². The Hall–Kier alpha value is -1.24. The highest BCUT2D eigenvalue weighted by molar-refractivity contribution is 7.17. The normalized spacial score (nSPS) is 15.7. The third kappa shape index (κ3) is 2.31. The molecule has 96 valence electrons. The molecule has 2 aromatic heterocycles. The summed E-state index contributed by atoms with van der Waals surface area (Å²) < 4.78 is 0.680. The quantitative estimate of drug-likeness (QED) is 0.844. The van der Waals surface area contributed by atoms with Crippen LogP contribution in [0.5, 0.6) is 0 Å². The molecule has 0 bridgehead atoms. The van der Waals surface area contributed by atoms with E-state index in [1.807, 2.05) is 11.4 Å². The average molecular weight is 265 g/mol. The van der Waals surface area contributed by atoms with Crippen LogP contribution in [0.4, 0.5) is 0 Å². The monoisotopic (exact) mass is 265 g/mol. The molecule has 18 heavy (non-hydrogen) atoms. The topological polar surface area (TPSA) is 69.2 Å². The van der Waals surface area contributed by atoms with Crippen molar-refractivity contribution in [3.05, 3.63) is 27.6 Å². The van der Waals surface area contributed by atoms with Crippen molar-refractivity contribution in [2.45, 2.75) is 25.4 Å². The van der Waals surface area contributed by atoms with Crippen LogP contribution in [0, 0.1) is 0 Å². The van der Waals surface area contributed by atoms with Gasteiger partial charge in [-0.15, -0.1) is 11.3 Å². The summed E-state index contributed by atoms with van der Waals surface area (Å²) in [5, 5.41) is 10.9. The fraction of sp³-hybridized carbons (Fsp3) is 0.500. The number of aromatic nitrogens is 2. The summed E-state index contributed by atoms with van der Waals surface area (Å²) in [7, 11) is 0. The highest BCUT2D eigenvalue weighted by Gasteiger charge is 2.29. The lowest BCUT2D eigenvalue weighted by molar-refractivity contribution is 0.180. The van der Waals surface area contributed by atoms with Gasteiger partial charge in [0.1, 0.15) is 10.5 Å². The number of nitrogens with zero attached hydrogens (tertiary/aromatic N) is 2. The Morgan fingerprint density at radius 2 is 2.39 bits per heavy atom. The first-order chi connectivity index (χ1) is 8.78. The minimum atomic E-state index is -0.0651. The summed E-state index contributed by atoms with van der Waals surface area (Å²) in [4.78, 5) is 21.3. The minimum absolute atomic E-state index is 0.0651. The number of hydrogen-bond donors (Lipinski definition) is 2. The average Bonchev–Trinajstić information content (AvgIpc) is 3.08. The zero-order valence-corrected chi connectivity index (χ0v) is 10.7. The van der Waals surface area contributed by atoms with Crippen LogP contribution in [0.25, 0.3) is 10.2 Å². The largest absolute Gasteiger partial charge is 0.395 e. The van der Waals surface area contributed by atoms with Crippen LogP contribution in [0.15, 0.2) is 16.2 Å². The number of nitrogens with one attached hydrogen (secondary N) is 1. The van der Waals surface area contributed by atoms with E-state index in [1.165, 1.54) is 24.2 Å². The van der Waals surface area contributed by atoms with Gasteiger partial charge in [0.2, 0.25) is 0 Å². The number of fused-ring (bicyclic) bond motifs is 1. The molecule has 5 nitrogen and oxygen atoms in total. The number of aliphatic hydroxyl groups is 1. The number of aromatic amines is 1. The van der Waals surface area contributed by atoms with Crippen LogP contribution >= 0.6 is 11.3 Å². The van der Waals surface area contributed by atoms with Gasteiger partial charge in [0.05, 0.1) is 18.7 Å². The van der Waals surface area contributed by atoms with Crippen LogP contribution in [0.1, 0.15) is 18.7 Å². The highest BCUT2D eigenvalue weighted by Crippen LogP contribution is 2.27. The van der Waals surface area contributed by atoms with Crippen LogP contribution < -0.4 is 5.56 Å². The molecular formula is C12H15N3O2S. The Morgan fingerprint density at radius 1 is 1.56 bits per heavy atom. The Kier molecular flexibility index (Phi) is 3.15. The summed E-state index contributed by atoms with van der Waals surface area (Å²) in [6.07, 6.45) is 2.34. The van der Waals surface area contributed by atoms with Gasteiger partial charge in [-0.25, -0.2) is 4.98 Å². The molecule has 6 heteroatoms. The molecule has 1 aliphatic rings. The number of hydrogen-bond acceptors (Lipinski definition) is 5. The van der Waals surface area contributed by atoms with Crippen LogP contribution in [-0.2, 0) is 6.54 Å². The van der Waals surface area contributed by atoms with Gasteiger partial charge in [0.25, 0.3) is 5.56 Å². The zero-order valence-electron chi connectivity index (χ0n) is 9.93. The second kappa shape index (κ2) is 4.79. The molecule has 1 aliphatic carbocycles. The predicted molar refractivity (Wildman–Crippen MR) is 70.8 cm³/mol. The summed E-state index contributed by atoms with van der Waals surface area (Å²) in [5.41, 5.74) is 0.697. The van der Waals surface area contributed by atoms with E-state index < -0.39 is 0 Å². The number of H-pyrrole nitrogens is 1. The Labute approximate surface area is 108 Å². The van der Waals surface area contributed by atoms with Crippen LogP contribution in [-0.4, -0.2) is 39.2 Å². The molecule has 0 amide bonds. The summed E-state index contributed by atoms with van der Waals surface area (Å²) in [6, 6.07) is 2.41. The first-order valence-electron chi connectivity index (χ1n) is 6.09. The van der Waals surface area contributed by atoms with Crippen molar-refractivity contribution >= 4 is 21.6 Å². The lowest BCUT2D eigenvalue weighted by Gasteiger charge is -2.19. The number of thiophene rings is 1. The standard InChI is InChI=1S/C12H15N3O2S/c16-5-4-15(8-1-2-8)7-10-13-9-3-6-18-11(9)12(17)14-10/h3,6,8,16H,1-2,4-5,7H2,(H,13,14,17).